The zero-order valence-corrected chi connectivity index (χ0v) is 18.4. The molecule has 2 aromatic carbocycles. The van der Waals surface area contributed by atoms with E-state index in [4.69, 9.17) is 5.41 Å². The fraction of sp³-hybridized carbons (Fsp3) is 0.292. The molecule has 0 radical (unpaired) electrons. The summed E-state index contributed by atoms with van der Waals surface area (Å²) in [5.74, 6) is 0.958. The van der Waals surface area contributed by atoms with Crippen LogP contribution >= 0.6 is 11.8 Å². The highest BCUT2D eigenvalue weighted by molar-refractivity contribution is 8.14. The van der Waals surface area contributed by atoms with Crippen LogP contribution in [0.5, 0.6) is 0 Å². The standard InChI is InChI=1S/C20H16N4S.2C2H6/c21-20-24-10-2-9-23-19(24)16-6-4-14(12-18(16)25-20)13-5-7-17-15(11-13)3-1-8-22-17;2*1-2/h1,3-8,11-12,21H,2,9-10H2;2*1-2H3. The van der Waals surface area contributed by atoms with Gasteiger partial charge in [-0.05, 0) is 47.9 Å². The monoisotopic (exact) mass is 404 g/mol. The van der Waals surface area contributed by atoms with Crippen LogP contribution in [0, 0.1) is 5.41 Å². The van der Waals surface area contributed by atoms with E-state index in [-0.39, 0.29) is 0 Å². The van der Waals surface area contributed by atoms with Crippen molar-refractivity contribution in [2.75, 3.05) is 13.1 Å². The van der Waals surface area contributed by atoms with Crippen LogP contribution in [-0.4, -0.2) is 34.0 Å². The van der Waals surface area contributed by atoms with Gasteiger partial charge in [0.05, 0.1) is 5.52 Å². The highest BCUT2D eigenvalue weighted by Gasteiger charge is 2.29. The van der Waals surface area contributed by atoms with Crippen molar-refractivity contribution in [2.45, 2.75) is 39.0 Å². The predicted molar refractivity (Wildman–Crippen MR) is 126 cm³/mol. The van der Waals surface area contributed by atoms with Gasteiger partial charge in [0.25, 0.3) is 0 Å². The number of pyridine rings is 1. The maximum absolute atomic E-state index is 8.33. The van der Waals surface area contributed by atoms with E-state index < -0.39 is 0 Å². The highest BCUT2D eigenvalue weighted by atomic mass is 32.2. The van der Waals surface area contributed by atoms with Crippen molar-refractivity contribution in [3.05, 3.63) is 60.3 Å². The fourth-order valence-electron chi connectivity index (χ4n) is 3.42. The molecule has 1 aromatic heterocycles. The summed E-state index contributed by atoms with van der Waals surface area (Å²) in [6.07, 6.45) is 2.84. The van der Waals surface area contributed by atoms with Gasteiger partial charge in [-0.3, -0.25) is 15.4 Å². The second-order valence-electron chi connectivity index (χ2n) is 6.24. The lowest BCUT2D eigenvalue weighted by atomic mass is 10.0. The Balaban J connectivity index is 0.000000568. The molecule has 5 rings (SSSR count). The lowest BCUT2D eigenvalue weighted by molar-refractivity contribution is 0.552. The first-order valence-corrected chi connectivity index (χ1v) is 11.2. The maximum atomic E-state index is 8.33. The van der Waals surface area contributed by atoms with Crippen LogP contribution < -0.4 is 0 Å². The van der Waals surface area contributed by atoms with Crippen molar-refractivity contribution in [1.82, 2.24) is 9.88 Å². The Hall–Kier alpha value is -2.66. The predicted octanol–water partition coefficient (Wildman–Crippen LogP) is 6.45. The van der Waals surface area contributed by atoms with E-state index in [1.54, 1.807) is 0 Å². The van der Waals surface area contributed by atoms with E-state index in [9.17, 15) is 0 Å². The van der Waals surface area contributed by atoms with Crippen molar-refractivity contribution in [2.24, 2.45) is 4.99 Å². The molecule has 29 heavy (non-hydrogen) atoms. The average Bonchev–Trinajstić information content (AvgIpc) is 2.81. The molecule has 4 nitrogen and oxygen atoms in total. The van der Waals surface area contributed by atoms with Gasteiger partial charge in [-0.1, -0.05) is 57.7 Å². The number of nitrogens with one attached hydrogen (secondary N) is 1. The summed E-state index contributed by atoms with van der Waals surface area (Å²) in [6, 6.07) is 16.9. The molecule has 150 valence electrons. The van der Waals surface area contributed by atoms with Gasteiger partial charge in [0.15, 0.2) is 5.17 Å². The topological polar surface area (TPSA) is 52.3 Å². The van der Waals surface area contributed by atoms with Gasteiger partial charge in [0.1, 0.15) is 5.84 Å². The molecule has 0 aliphatic carbocycles. The van der Waals surface area contributed by atoms with Crippen LogP contribution in [0.15, 0.2) is 64.6 Å². The molecule has 3 aromatic rings. The van der Waals surface area contributed by atoms with Gasteiger partial charge in [-0.15, -0.1) is 0 Å². The molecule has 0 saturated heterocycles. The molecule has 5 heteroatoms. The molecular formula is C24H28N4S. The average molecular weight is 405 g/mol. The van der Waals surface area contributed by atoms with E-state index in [2.05, 4.69) is 52.4 Å². The Bertz CT molecular complexity index is 1040. The van der Waals surface area contributed by atoms with E-state index in [1.807, 2.05) is 44.9 Å². The van der Waals surface area contributed by atoms with E-state index in [1.165, 1.54) is 17.3 Å². The molecular weight excluding hydrogens is 376 g/mol. The molecule has 2 aliphatic heterocycles. The first-order valence-electron chi connectivity index (χ1n) is 10.4. The summed E-state index contributed by atoms with van der Waals surface area (Å²) >= 11 is 1.53. The third kappa shape index (κ3) is 4.20. The van der Waals surface area contributed by atoms with Gasteiger partial charge < -0.3 is 4.90 Å². The minimum absolute atomic E-state index is 0.575. The summed E-state index contributed by atoms with van der Waals surface area (Å²) in [4.78, 5) is 12.2. The summed E-state index contributed by atoms with van der Waals surface area (Å²) in [7, 11) is 0. The SMILES string of the molecule is CC.CC.N=C1Sc2cc(-c3ccc4ncccc4c3)ccc2C2=NCCCN12. The Labute approximate surface area is 177 Å². The summed E-state index contributed by atoms with van der Waals surface area (Å²) in [5, 5.41) is 10.0. The van der Waals surface area contributed by atoms with Crippen molar-refractivity contribution in [1.29, 1.82) is 5.41 Å². The van der Waals surface area contributed by atoms with Crippen molar-refractivity contribution in [3.8, 4) is 11.1 Å². The third-order valence-electron chi connectivity index (χ3n) is 4.67. The summed E-state index contributed by atoms with van der Waals surface area (Å²) in [6.45, 7) is 9.74. The largest absolute Gasteiger partial charge is 0.305 e. The molecule has 0 fully saturated rings. The molecule has 0 amide bonds. The lowest BCUT2D eigenvalue weighted by Crippen LogP contribution is -2.42. The highest BCUT2D eigenvalue weighted by Crippen LogP contribution is 2.36. The number of hydrogen-bond acceptors (Lipinski definition) is 4. The lowest BCUT2D eigenvalue weighted by Gasteiger charge is -2.34. The first kappa shape index (κ1) is 21.1. The molecule has 1 N–H and O–H groups in total. The molecule has 0 unspecified atom stereocenters. The number of amidine groups is 2. The van der Waals surface area contributed by atoms with Crippen LogP contribution in [0.3, 0.4) is 0 Å². The number of aliphatic imine (C=N–C) groups is 1. The molecule has 0 spiro atoms. The van der Waals surface area contributed by atoms with Crippen LogP contribution in [0.25, 0.3) is 22.0 Å². The quantitative estimate of drug-likeness (QED) is 0.507. The van der Waals surface area contributed by atoms with Gasteiger partial charge in [0, 0.05) is 35.1 Å². The van der Waals surface area contributed by atoms with E-state index in [0.29, 0.717) is 5.17 Å². The zero-order valence-electron chi connectivity index (χ0n) is 17.6. The Kier molecular flexibility index (Phi) is 7.04. The normalized spacial score (nSPS) is 14.6. The van der Waals surface area contributed by atoms with Crippen molar-refractivity contribution < 1.29 is 0 Å². The second kappa shape index (κ2) is 9.70. The van der Waals surface area contributed by atoms with Crippen LogP contribution in [-0.2, 0) is 0 Å². The molecule has 0 atom stereocenters. The van der Waals surface area contributed by atoms with Crippen LogP contribution in [0.4, 0.5) is 0 Å². The molecule has 3 heterocycles. The van der Waals surface area contributed by atoms with Gasteiger partial charge in [-0.2, -0.15) is 0 Å². The minimum Gasteiger partial charge on any atom is -0.305 e. The summed E-state index contributed by atoms with van der Waals surface area (Å²) in [5.41, 5.74) is 4.48. The molecule has 0 saturated carbocycles. The van der Waals surface area contributed by atoms with Crippen molar-refractivity contribution >= 4 is 33.7 Å². The Morgan fingerprint density at radius 1 is 0.966 bits per heavy atom. The van der Waals surface area contributed by atoms with Gasteiger partial charge in [0.2, 0.25) is 0 Å². The van der Waals surface area contributed by atoms with E-state index in [0.717, 1.165) is 52.3 Å². The van der Waals surface area contributed by atoms with Gasteiger partial charge >= 0.3 is 0 Å². The number of benzene rings is 2. The fourth-order valence-corrected chi connectivity index (χ4v) is 4.37. The zero-order chi connectivity index (χ0) is 20.8. The summed E-state index contributed by atoms with van der Waals surface area (Å²) < 4.78 is 0. The van der Waals surface area contributed by atoms with Crippen LogP contribution in [0.2, 0.25) is 0 Å². The van der Waals surface area contributed by atoms with Gasteiger partial charge in [-0.25, -0.2) is 0 Å². The third-order valence-corrected chi connectivity index (χ3v) is 5.64. The Morgan fingerprint density at radius 3 is 2.55 bits per heavy atom. The van der Waals surface area contributed by atoms with Crippen LogP contribution in [0.1, 0.15) is 39.7 Å². The minimum atomic E-state index is 0.575. The number of fused-ring (bicyclic) bond motifs is 4. The Morgan fingerprint density at radius 2 is 1.72 bits per heavy atom. The number of nitrogens with zero attached hydrogens (tertiary/aromatic N) is 3. The van der Waals surface area contributed by atoms with E-state index >= 15 is 0 Å². The number of aromatic nitrogens is 1. The number of thioether (sulfide) groups is 1. The molecule has 2 aliphatic rings. The first-order chi connectivity index (χ1) is 14.3. The van der Waals surface area contributed by atoms with Crippen molar-refractivity contribution in [3.63, 3.8) is 0 Å². The second-order valence-corrected chi connectivity index (χ2v) is 7.27. The maximum Gasteiger partial charge on any atom is 0.166 e. The number of rotatable bonds is 1. The molecule has 0 bridgehead atoms. The number of hydrogen-bond donors (Lipinski definition) is 1. The smallest absolute Gasteiger partial charge is 0.166 e.